The van der Waals surface area contributed by atoms with Crippen molar-refractivity contribution in [2.24, 2.45) is 5.92 Å². The Hall–Kier alpha value is -0.570. The van der Waals surface area contributed by atoms with Gasteiger partial charge in [0.25, 0.3) is 0 Å². The highest BCUT2D eigenvalue weighted by atomic mass is 16.5. The van der Waals surface area contributed by atoms with Crippen LogP contribution in [0.5, 0.6) is 0 Å². The Morgan fingerprint density at radius 3 is 2.83 bits per heavy atom. The topological polar surface area (TPSA) is 35.5 Å². The van der Waals surface area contributed by atoms with Crippen LogP contribution in [0.2, 0.25) is 0 Å². The molecule has 0 heterocycles. The van der Waals surface area contributed by atoms with Crippen LogP contribution < -0.4 is 0 Å². The van der Waals surface area contributed by atoms with Crippen LogP contribution >= 0.6 is 0 Å². The molecule has 0 spiro atoms. The van der Waals surface area contributed by atoms with E-state index in [0.29, 0.717) is 13.0 Å². The van der Waals surface area contributed by atoms with Crippen molar-refractivity contribution in [1.82, 2.24) is 0 Å². The van der Waals surface area contributed by atoms with Crippen LogP contribution in [-0.2, 0) is 14.3 Å². The molecule has 1 fully saturated rings. The molecule has 0 radical (unpaired) electrons. The van der Waals surface area contributed by atoms with Crippen LogP contribution in [0.15, 0.2) is 0 Å². The number of ether oxygens (including phenoxy) is 2. The van der Waals surface area contributed by atoms with E-state index in [2.05, 4.69) is 4.74 Å². The van der Waals surface area contributed by atoms with Gasteiger partial charge < -0.3 is 9.47 Å². The van der Waals surface area contributed by atoms with Gasteiger partial charge >= 0.3 is 5.97 Å². The van der Waals surface area contributed by atoms with Crippen LogP contribution in [0.1, 0.15) is 25.7 Å². The molecule has 1 aliphatic carbocycles. The summed E-state index contributed by atoms with van der Waals surface area (Å²) in [6.07, 6.45) is 3.88. The predicted octanol–water partition coefficient (Wildman–Crippen LogP) is 1.37. The molecule has 0 aromatic carbocycles. The summed E-state index contributed by atoms with van der Waals surface area (Å²) in [6.45, 7) is 1.56. The van der Waals surface area contributed by atoms with Crippen molar-refractivity contribution in [3.8, 4) is 0 Å². The van der Waals surface area contributed by atoms with E-state index in [0.717, 1.165) is 18.9 Å². The van der Waals surface area contributed by atoms with Gasteiger partial charge in [0.2, 0.25) is 0 Å². The summed E-state index contributed by atoms with van der Waals surface area (Å²) in [5.41, 5.74) is 0. The van der Waals surface area contributed by atoms with Gasteiger partial charge in [-0.15, -0.1) is 0 Å². The van der Waals surface area contributed by atoms with Gasteiger partial charge in [0.05, 0.1) is 7.11 Å². The van der Waals surface area contributed by atoms with E-state index >= 15 is 0 Å². The molecule has 3 nitrogen and oxygen atoms in total. The molecule has 1 aliphatic rings. The van der Waals surface area contributed by atoms with Crippen molar-refractivity contribution in [1.29, 1.82) is 0 Å². The highest BCUT2D eigenvalue weighted by molar-refractivity contribution is 5.68. The van der Waals surface area contributed by atoms with E-state index in [-0.39, 0.29) is 5.97 Å². The van der Waals surface area contributed by atoms with Crippen molar-refractivity contribution < 1.29 is 14.3 Å². The van der Waals surface area contributed by atoms with Crippen molar-refractivity contribution in [3.63, 3.8) is 0 Å². The molecule has 0 aromatic rings. The quantitative estimate of drug-likeness (QED) is 0.448. The maximum Gasteiger partial charge on any atom is 0.305 e. The molecule has 0 bridgehead atoms. The third kappa shape index (κ3) is 4.34. The highest BCUT2D eigenvalue weighted by Crippen LogP contribution is 2.28. The molecule has 0 saturated heterocycles. The number of methoxy groups -OCH3 is 1. The average Bonchev–Trinajstić information content (AvgIpc) is 2.87. The lowest BCUT2D eigenvalue weighted by Gasteiger charge is -2.01. The van der Waals surface area contributed by atoms with Crippen LogP contribution in [0, 0.1) is 5.92 Å². The van der Waals surface area contributed by atoms with Gasteiger partial charge in [-0.25, -0.2) is 0 Å². The number of hydrogen-bond acceptors (Lipinski definition) is 3. The molecule has 0 N–H and O–H groups in total. The van der Waals surface area contributed by atoms with Gasteiger partial charge in [-0.2, -0.15) is 0 Å². The summed E-state index contributed by atoms with van der Waals surface area (Å²) in [4.78, 5) is 10.6. The Morgan fingerprint density at radius 2 is 2.25 bits per heavy atom. The summed E-state index contributed by atoms with van der Waals surface area (Å²) in [5, 5.41) is 0. The second-order valence-corrected chi connectivity index (χ2v) is 3.20. The molecule has 0 aromatic heterocycles. The Labute approximate surface area is 73.0 Å². The minimum Gasteiger partial charge on any atom is -0.469 e. The minimum absolute atomic E-state index is 0.148. The molecule has 0 unspecified atom stereocenters. The zero-order chi connectivity index (χ0) is 8.81. The van der Waals surface area contributed by atoms with Crippen molar-refractivity contribution >= 4 is 5.97 Å². The maximum atomic E-state index is 10.6. The van der Waals surface area contributed by atoms with Gasteiger partial charge in [0.15, 0.2) is 0 Å². The SMILES string of the molecule is COC(=O)CCCOCC1CC1. The number of hydrogen-bond donors (Lipinski definition) is 0. The first-order valence-electron chi connectivity index (χ1n) is 4.47. The maximum absolute atomic E-state index is 10.6. The van der Waals surface area contributed by atoms with Gasteiger partial charge in [0.1, 0.15) is 0 Å². The fourth-order valence-corrected chi connectivity index (χ4v) is 0.955. The first-order valence-corrected chi connectivity index (χ1v) is 4.47. The largest absolute Gasteiger partial charge is 0.469 e. The number of esters is 1. The minimum atomic E-state index is -0.148. The lowest BCUT2D eigenvalue weighted by Crippen LogP contribution is -2.04. The standard InChI is InChI=1S/C9H16O3/c1-11-9(10)3-2-6-12-7-8-4-5-8/h8H,2-7H2,1H3. The van der Waals surface area contributed by atoms with Crippen molar-refractivity contribution in [2.45, 2.75) is 25.7 Å². The van der Waals surface area contributed by atoms with Crippen LogP contribution in [0.4, 0.5) is 0 Å². The summed E-state index contributed by atoms with van der Waals surface area (Å²) < 4.78 is 9.84. The number of carbonyl (C=O) groups excluding carboxylic acids is 1. The molecule has 1 saturated carbocycles. The predicted molar refractivity (Wildman–Crippen MR) is 44.8 cm³/mol. The number of rotatable bonds is 6. The van der Waals surface area contributed by atoms with E-state index in [1.165, 1.54) is 20.0 Å². The fourth-order valence-electron chi connectivity index (χ4n) is 0.955. The van der Waals surface area contributed by atoms with Gasteiger partial charge in [-0.1, -0.05) is 0 Å². The van der Waals surface area contributed by atoms with E-state index in [9.17, 15) is 4.79 Å². The Kier molecular flexibility index (Phi) is 4.08. The average molecular weight is 172 g/mol. The van der Waals surface area contributed by atoms with Crippen LogP contribution in [0.25, 0.3) is 0 Å². The first kappa shape index (κ1) is 9.52. The number of carbonyl (C=O) groups is 1. The molecule has 0 aliphatic heterocycles. The Balaban J connectivity index is 1.78. The van der Waals surface area contributed by atoms with Crippen molar-refractivity contribution in [2.75, 3.05) is 20.3 Å². The molecular formula is C9H16O3. The molecule has 0 amide bonds. The highest BCUT2D eigenvalue weighted by Gasteiger charge is 2.20. The zero-order valence-electron chi connectivity index (χ0n) is 7.54. The summed E-state index contributed by atoms with van der Waals surface area (Å²) in [5.74, 6) is 0.660. The van der Waals surface area contributed by atoms with Gasteiger partial charge in [-0.05, 0) is 25.2 Å². The lowest BCUT2D eigenvalue weighted by atomic mass is 10.3. The van der Waals surface area contributed by atoms with E-state index < -0.39 is 0 Å². The monoisotopic (exact) mass is 172 g/mol. The van der Waals surface area contributed by atoms with Crippen molar-refractivity contribution in [3.05, 3.63) is 0 Å². The molecular weight excluding hydrogens is 156 g/mol. The molecule has 12 heavy (non-hydrogen) atoms. The summed E-state index contributed by atoms with van der Waals surface area (Å²) in [6, 6.07) is 0. The summed E-state index contributed by atoms with van der Waals surface area (Å²) >= 11 is 0. The fraction of sp³-hybridized carbons (Fsp3) is 0.889. The van der Waals surface area contributed by atoms with Gasteiger partial charge in [0, 0.05) is 19.6 Å². The van der Waals surface area contributed by atoms with Gasteiger partial charge in [-0.3, -0.25) is 4.79 Å². The second-order valence-electron chi connectivity index (χ2n) is 3.20. The van der Waals surface area contributed by atoms with E-state index in [4.69, 9.17) is 4.74 Å². The molecule has 70 valence electrons. The molecule has 3 heteroatoms. The van der Waals surface area contributed by atoms with E-state index in [1.807, 2.05) is 0 Å². The third-order valence-electron chi connectivity index (χ3n) is 1.95. The smallest absolute Gasteiger partial charge is 0.305 e. The van der Waals surface area contributed by atoms with E-state index in [1.54, 1.807) is 0 Å². The molecule has 0 atom stereocenters. The second kappa shape index (κ2) is 5.14. The molecule has 1 rings (SSSR count). The third-order valence-corrected chi connectivity index (χ3v) is 1.95. The lowest BCUT2D eigenvalue weighted by molar-refractivity contribution is -0.141. The zero-order valence-corrected chi connectivity index (χ0v) is 7.54. The Bertz CT molecular complexity index is 141. The normalized spacial score (nSPS) is 16.1. The van der Waals surface area contributed by atoms with Crippen LogP contribution in [-0.4, -0.2) is 26.3 Å². The summed E-state index contributed by atoms with van der Waals surface area (Å²) in [7, 11) is 1.41. The Morgan fingerprint density at radius 1 is 1.50 bits per heavy atom. The first-order chi connectivity index (χ1) is 5.83. The van der Waals surface area contributed by atoms with Crippen LogP contribution in [0.3, 0.4) is 0 Å².